The zero-order chi connectivity index (χ0) is 9.02. The highest BCUT2D eigenvalue weighted by atomic mass is 16.2. The normalized spacial score (nSPS) is 15.2. The molecule has 2 atom stereocenters. The SMILES string of the molecule is CC(NC(=O)[C@@H](C)N)C(N)=O. The molecule has 0 aliphatic heterocycles. The van der Waals surface area contributed by atoms with Gasteiger partial charge in [-0.1, -0.05) is 0 Å². The van der Waals surface area contributed by atoms with E-state index in [2.05, 4.69) is 5.32 Å². The molecule has 0 saturated carbocycles. The average Bonchev–Trinajstić information content (AvgIpc) is 1.87. The van der Waals surface area contributed by atoms with E-state index in [0.717, 1.165) is 0 Å². The zero-order valence-electron chi connectivity index (χ0n) is 6.63. The van der Waals surface area contributed by atoms with Crippen LogP contribution in [0.1, 0.15) is 13.8 Å². The smallest absolute Gasteiger partial charge is 0.239 e. The molecule has 0 saturated heterocycles. The predicted molar refractivity (Wildman–Crippen MR) is 40.4 cm³/mol. The Kier molecular flexibility index (Phi) is 3.53. The summed E-state index contributed by atoms with van der Waals surface area (Å²) >= 11 is 0. The molecule has 0 radical (unpaired) electrons. The van der Waals surface area contributed by atoms with Gasteiger partial charge in [0.15, 0.2) is 0 Å². The lowest BCUT2D eigenvalue weighted by atomic mass is 10.3. The summed E-state index contributed by atoms with van der Waals surface area (Å²) in [4.78, 5) is 21.2. The molecule has 5 heteroatoms. The van der Waals surface area contributed by atoms with Gasteiger partial charge in [0.2, 0.25) is 11.8 Å². The number of hydrogen-bond acceptors (Lipinski definition) is 3. The van der Waals surface area contributed by atoms with Gasteiger partial charge in [-0.25, -0.2) is 0 Å². The first-order valence-corrected chi connectivity index (χ1v) is 3.30. The van der Waals surface area contributed by atoms with Crippen LogP contribution in [-0.4, -0.2) is 23.9 Å². The molecule has 0 spiro atoms. The van der Waals surface area contributed by atoms with Crippen molar-refractivity contribution in [3.63, 3.8) is 0 Å². The number of amides is 2. The first-order chi connectivity index (χ1) is 4.95. The molecule has 0 aromatic carbocycles. The molecule has 1 unspecified atom stereocenters. The van der Waals surface area contributed by atoms with Crippen LogP contribution < -0.4 is 16.8 Å². The average molecular weight is 159 g/mol. The van der Waals surface area contributed by atoms with Gasteiger partial charge in [0.1, 0.15) is 6.04 Å². The minimum atomic E-state index is -0.659. The van der Waals surface area contributed by atoms with Gasteiger partial charge < -0.3 is 16.8 Å². The van der Waals surface area contributed by atoms with E-state index in [0.29, 0.717) is 0 Å². The van der Waals surface area contributed by atoms with E-state index in [1.54, 1.807) is 0 Å². The monoisotopic (exact) mass is 159 g/mol. The van der Waals surface area contributed by atoms with Crippen LogP contribution in [0, 0.1) is 0 Å². The number of rotatable bonds is 3. The molecule has 2 amide bonds. The van der Waals surface area contributed by atoms with Crippen LogP contribution in [0.25, 0.3) is 0 Å². The lowest BCUT2D eigenvalue weighted by Crippen LogP contribution is -2.47. The molecule has 0 bridgehead atoms. The van der Waals surface area contributed by atoms with E-state index in [-0.39, 0.29) is 5.91 Å². The maximum absolute atomic E-state index is 10.8. The summed E-state index contributed by atoms with van der Waals surface area (Å²) in [6, 6.07) is -1.27. The summed E-state index contributed by atoms with van der Waals surface area (Å²) < 4.78 is 0. The van der Waals surface area contributed by atoms with Crippen molar-refractivity contribution in [3.05, 3.63) is 0 Å². The number of nitrogens with two attached hydrogens (primary N) is 2. The summed E-state index contributed by atoms with van der Waals surface area (Å²) in [5, 5.41) is 2.34. The second-order valence-electron chi connectivity index (χ2n) is 2.42. The largest absolute Gasteiger partial charge is 0.368 e. The van der Waals surface area contributed by atoms with Gasteiger partial charge in [-0.05, 0) is 13.8 Å². The predicted octanol–water partition coefficient (Wildman–Crippen LogP) is -1.68. The van der Waals surface area contributed by atoms with Crippen LogP contribution in [0.2, 0.25) is 0 Å². The number of carbonyl (C=O) groups excluding carboxylic acids is 2. The Labute approximate surface area is 65.1 Å². The van der Waals surface area contributed by atoms with E-state index in [4.69, 9.17) is 11.5 Å². The molecule has 64 valence electrons. The maximum Gasteiger partial charge on any atom is 0.239 e. The van der Waals surface area contributed by atoms with Crippen LogP contribution in [0.5, 0.6) is 0 Å². The Bertz CT molecular complexity index is 167. The van der Waals surface area contributed by atoms with E-state index < -0.39 is 18.0 Å². The van der Waals surface area contributed by atoms with Crippen LogP contribution >= 0.6 is 0 Å². The summed E-state index contributed by atoms with van der Waals surface area (Å²) in [5.41, 5.74) is 10.1. The highest BCUT2D eigenvalue weighted by Gasteiger charge is 2.14. The maximum atomic E-state index is 10.8. The van der Waals surface area contributed by atoms with Crippen molar-refractivity contribution in [2.24, 2.45) is 11.5 Å². The Balaban J connectivity index is 3.85. The minimum Gasteiger partial charge on any atom is -0.368 e. The standard InChI is InChI=1S/C6H13N3O2/c1-3(7)6(11)9-4(2)5(8)10/h3-4H,7H2,1-2H3,(H2,8,10)(H,9,11)/t3-,4?/m1/s1. The van der Waals surface area contributed by atoms with E-state index in [9.17, 15) is 9.59 Å². The van der Waals surface area contributed by atoms with E-state index >= 15 is 0 Å². The van der Waals surface area contributed by atoms with Gasteiger partial charge in [0.25, 0.3) is 0 Å². The Hall–Kier alpha value is -1.10. The Morgan fingerprint density at radius 2 is 1.82 bits per heavy atom. The lowest BCUT2D eigenvalue weighted by molar-refractivity contribution is -0.127. The lowest BCUT2D eigenvalue weighted by Gasteiger charge is -2.11. The van der Waals surface area contributed by atoms with Gasteiger partial charge >= 0.3 is 0 Å². The Morgan fingerprint density at radius 1 is 1.36 bits per heavy atom. The van der Waals surface area contributed by atoms with E-state index in [1.165, 1.54) is 13.8 Å². The molecule has 0 aromatic heterocycles. The number of nitrogens with one attached hydrogen (secondary N) is 1. The van der Waals surface area contributed by atoms with Crippen LogP contribution in [0.15, 0.2) is 0 Å². The first kappa shape index (κ1) is 9.90. The fourth-order valence-electron chi connectivity index (χ4n) is 0.416. The molecule has 0 aliphatic carbocycles. The highest BCUT2D eigenvalue weighted by molar-refractivity contribution is 5.88. The van der Waals surface area contributed by atoms with Gasteiger partial charge in [-0.3, -0.25) is 9.59 Å². The fraction of sp³-hybridized carbons (Fsp3) is 0.667. The molecule has 11 heavy (non-hydrogen) atoms. The quantitative estimate of drug-likeness (QED) is 0.459. The first-order valence-electron chi connectivity index (χ1n) is 3.30. The second-order valence-corrected chi connectivity index (χ2v) is 2.42. The summed E-state index contributed by atoms with van der Waals surface area (Å²) in [6.07, 6.45) is 0. The molecule has 0 rings (SSSR count). The molecular weight excluding hydrogens is 146 g/mol. The third-order valence-electron chi connectivity index (χ3n) is 1.20. The fourth-order valence-corrected chi connectivity index (χ4v) is 0.416. The minimum absolute atomic E-state index is 0.378. The molecule has 0 aliphatic rings. The van der Waals surface area contributed by atoms with Gasteiger partial charge in [-0.2, -0.15) is 0 Å². The van der Waals surface area contributed by atoms with Crippen molar-refractivity contribution < 1.29 is 9.59 Å². The molecular formula is C6H13N3O2. The molecule has 0 fully saturated rings. The molecule has 0 heterocycles. The Morgan fingerprint density at radius 3 is 2.09 bits per heavy atom. The molecule has 5 N–H and O–H groups in total. The number of hydrogen-bond donors (Lipinski definition) is 3. The molecule has 5 nitrogen and oxygen atoms in total. The van der Waals surface area contributed by atoms with Crippen molar-refractivity contribution in [1.82, 2.24) is 5.32 Å². The summed E-state index contributed by atoms with van der Waals surface area (Å²) in [5.74, 6) is -0.949. The van der Waals surface area contributed by atoms with Gasteiger partial charge in [0.05, 0.1) is 6.04 Å². The molecule has 0 aromatic rings. The van der Waals surface area contributed by atoms with Crippen molar-refractivity contribution in [1.29, 1.82) is 0 Å². The summed E-state index contributed by atoms with van der Waals surface area (Å²) in [6.45, 7) is 3.03. The van der Waals surface area contributed by atoms with Gasteiger partial charge in [-0.15, -0.1) is 0 Å². The number of carbonyl (C=O) groups is 2. The van der Waals surface area contributed by atoms with E-state index in [1.807, 2.05) is 0 Å². The third kappa shape index (κ3) is 3.57. The van der Waals surface area contributed by atoms with Gasteiger partial charge in [0, 0.05) is 0 Å². The van der Waals surface area contributed by atoms with Crippen molar-refractivity contribution in [2.45, 2.75) is 25.9 Å². The number of primary amides is 1. The topological polar surface area (TPSA) is 98.2 Å². The highest BCUT2D eigenvalue weighted by Crippen LogP contribution is 1.81. The van der Waals surface area contributed by atoms with Crippen LogP contribution in [-0.2, 0) is 9.59 Å². The summed E-state index contributed by atoms with van der Waals surface area (Å²) in [7, 11) is 0. The second kappa shape index (κ2) is 3.92. The van der Waals surface area contributed by atoms with Crippen molar-refractivity contribution >= 4 is 11.8 Å². The zero-order valence-corrected chi connectivity index (χ0v) is 6.63. The third-order valence-corrected chi connectivity index (χ3v) is 1.20. The van der Waals surface area contributed by atoms with Crippen molar-refractivity contribution in [2.75, 3.05) is 0 Å². The van der Waals surface area contributed by atoms with Crippen LogP contribution in [0.3, 0.4) is 0 Å². The van der Waals surface area contributed by atoms with Crippen LogP contribution in [0.4, 0.5) is 0 Å². The van der Waals surface area contributed by atoms with Crippen molar-refractivity contribution in [3.8, 4) is 0 Å².